The average Bonchev–Trinajstić information content (AvgIpc) is 1.60. The van der Waals surface area contributed by atoms with Crippen LogP contribution in [0, 0.1) is 0 Å². The summed E-state index contributed by atoms with van der Waals surface area (Å²) in [4.78, 5) is 0. The van der Waals surface area contributed by atoms with Crippen molar-refractivity contribution in [2.75, 3.05) is 0 Å². The molecular weight excluding hydrogens is 140 g/mol. The molecule has 1 aliphatic rings. The van der Waals surface area contributed by atoms with Crippen LogP contribution in [0.3, 0.4) is 0 Å². The maximum Gasteiger partial charge on any atom is 0.341 e. The van der Waals surface area contributed by atoms with Gasteiger partial charge in [0.05, 0.1) is 5.71 Å². The van der Waals surface area contributed by atoms with Gasteiger partial charge in [-0.1, -0.05) is 0 Å². The molecule has 9 heavy (non-hydrogen) atoms. The highest BCUT2D eigenvalue weighted by Crippen LogP contribution is 1.94. The Balaban J connectivity index is 3.06. The molecule has 5 heteroatoms. The Hall–Kier alpha value is -0.840. The Morgan fingerprint density at radius 2 is 2.33 bits per heavy atom. The van der Waals surface area contributed by atoms with Crippen LogP contribution in [0.25, 0.3) is 0 Å². The molecule has 0 atom stereocenters. The summed E-state index contributed by atoms with van der Waals surface area (Å²) >= 11 is 0. The van der Waals surface area contributed by atoms with Crippen molar-refractivity contribution in [1.29, 1.82) is 0 Å². The summed E-state index contributed by atoms with van der Waals surface area (Å²) in [7, 11) is -3.38. The van der Waals surface area contributed by atoms with E-state index in [0.717, 1.165) is 0 Å². The SMILES string of the molecule is CC1=NS(=O)(=O)NC=C1. The highest BCUT2D eigenvalue weighted by molar-refractivity contribution is 7.88. The molecule has 0 saturated heterocycles. The number of nitrogens with zero attached hydrogens (tertiary/aromatic N) is 1. The molecule has 0 aromatic carbocycles. The largest absolute Gasteiger partial charge is 0.341 e. The second-order valence-electron chi connectivity index (χ2n) is 1.66. The molecular formula is C4H6N2O2S. The molecule has 1 rings (SSSR count). The van der Waals surface area contributed by atoms with Crippen molar-refractivity contribution >= 4 is 15.9 Å². The first kappa shape index (κ1) is 6.28. The number of hydrogen-bond donors (Lipinski definition) is 1. The summed E-state index contributed by atoms with van der Waals surface area (Å²) in [6.45, 7) is 1.62. The lowest BCUT2D eigenvalue weighted by Crippen LogP contribution is -2.19. The standard InChI is InChI=1S/C4H6N2O2S/c1-4-2-3-5-9(7,8)6-4/h2-3,5H,1H3. The van der Waals surface area contributed by atoms with E-state index in [-0.39, 0.29) is 0 Å². The third-order valence-electron chi connectivity index (χ3n) is 0.806. The molecule has 0 aliphatic carbocycles. The van der Waals surface area contributed by atoms with E-state index >= 15 is 0 Å². The Labute approximate surface area is 53.5 Å². The molecule has 0 unspecified atom stereocenters. The number of rotatable bonds is 0. The van der Waals surface area contributed by atoms with Crippen LogP contribution in [0.1, 0.15) is 6.92 Å². The Kier molecular flexibility index (Phi) is 1.28. The van der Waals surface area contributed by atoms with Crippen molar-refractivity contribution in [3.8, 4) is 0 Å². The summed E-state index contributed by atoms with van der Waals surface area (Å²) in [6, 6.07) is 0. The zero-order chi connectivity index (χ0) is 6.91. The van der Waals surface area contributed by atoms with Crippen LogP contribution in [0.15, 0.2) is 16.7 Å². The van der Waals surface area contributed by atoms with Crippen molar-refractivity contribution in [1.82, 2.24) is 4.72 Å². The van der Waals surface area contributed by atoms with Gasteiger partial charge in [-0.3, -0.25) is 4.72 Å². The molecule has 4 nitrogen and oxygen atoms in total. The van der Waals surface area contributed by atoms with Crippen LogP contribution < -0.4 is 4.72 Å². The van der Waals surface area contributed by atoms with Crippen LogP contribution in [0.4, 0.5) is 0 Å². The fraction of sp³-hybridized carbons (Fsp3) is 0.250. The van der Waals surface area contributed by atoms with Crippen LogP contribution in [-0.2, 0) is 10.2 Å². The number of allylic oxidation sites excluding steroid dienone is 1. The Morgan fingerprint density at radius 1 is 1.67 bits per heavy atom. The van der Waals surface area contributed by atoms with E-state index in [0.29, 0.717) is 5.71 Å². The monoisotopic (exact) mass is 146 g/mol. The van der Waals surface area contributed by atoms with Gasteiger partial charge in [0.25, 0.3) is 0 Å². The number of nitrogens with one attached hydrogen (secondary N) is 1. The second-order valence-corrected chi connectivity index (χ2v) is 3.03. The molecule has 0 spiro atoms. The van der Waals surface area contributed by atoms with Gasteiger partial charge in [-0.05, 0) is 13.0 Å². The van der Waals surface area contributed by atoms with E-state index in [2.05, 4.69) is 9.12 Å². The lowest BCUT2D eigenvalue weighted by atomic mass is 10.4. The number of hydrogen-bond acceptors (Lipinski definition) is 2. The van der Waals surface area contributed by atoms with E-state index in [4.69, 9.17) is 0 Å². The van der Waals surface area contributed by atoms with Crippen LogP contribution in [-0.4, -0.2) is 14.1 Å². The minimum Gasteiger partial charge on any atom is -0.272 e. The lowest BCUT2D eigenvalue weighted by Gasteiger charge is -2.01. The van der Waals surface area contributed by atoms with Gasteiger partial charge >= 0.3 is 10.2 Å². The van der Waals surface area contributed by atoms with Crippen LogP contribution in [0.5, 0.6) is 0 Å². The zero-order valence-electron chi connectivity index (χ0n) is 4.83. The summed E-state index contributed by atoms with van der Waals surface area (Å²) in [6.07, 6.45) is 2.93. The van der Waals surface area contributed by atoms with Crippen LogP contribution >= 0.6 is 0 Å². The molecule has 0 saturated carbocycles. The summed E-state index contributed by atoms with van der Waals surface area (Å²) in [5, 5.41) is 0. The average molecular weight is 146 g/mol. The van der Waals surface area contributed by atoms with Crippen molar-refractivity contribution in [2.24, 2.45) is 4.40 Å². The molecule has 1 N–H and O–H groups in total. The molecule has 0 radical (unpaired) electrons. The predicted molar refractivity (Wildman–Crippen MR) is 34.3 cm³/mol. The second kappa shape index (κ2) is 1.84. The molecule has 0 fully saturated rings. The van der Waals surface area contributed by atoms with E-state index < -0.39 is 10.2 Å². The van der Waals surface area contributed by atoms with E-state index in [1.807, 2.05) is 0 Å². The fourth-order valence-electron chi connectivity index (χ4n) is 0.487. The first-order valence-corrected chi connectivity index (χ1v) is 3.79. The smallest absolute Gasteiger partial charge is 0.272 e. The molecule has 50 valence electrons. The van der Waals surface area contributed by atoms with Crippen molar-refractivity contribution < 1.29 is 8.42 Å². The Morgan fingerprint density at radius 3 is 2.67 bits per heavy atom. The van der Waals surface area contributed by atoms with Crippen molar-refractivity contribution in [3.05, 3.63) is 12.3 Å². The molecule has 1 heterocycles. The van der Waals surface area contributed by atoms with Crippen molar-refractivity contribution in [3.63, 3.8) is 0 Å². The van der Waals surface area contributed by atoms with E-state index in [9.17, 15) is 8.42 Å². The van der Waals surface area contributed by atoms with Gasteiger partial charge in [0.15, 0.2) is 0 Å². The van der Waals surface area contributed by atoms with Gasteiger partial charge in [-0.2, -0.15) is 12.8 Å². The topological polar surface area (TPSA) is 58.5 Å². The summed E-state index contributed by atoms with van der Waals surface area (Å²) in [5.74, 6) is 0. The predicted octanol–water partition coefficient (Wildman–Crippen LogP) is -0.191. The Bertz CT molecular complexity index is 262. The molecule has 0 aromatic rings. The fourth-order valence-corrected chi connectivity index (χ4v) is 1.22. The van der Waals surface area contributed by atoms with Gasteiger partial charge < -0.3 is 0 Å². The van der Waals surface area contributed by atoms with Gasteiger partial charge in [-0.25, -0.2) is 0 Å². The van der Waals surface area contributed by atoms with E-state index in [1.54, 1.807) is 13.0 Å². The summed E-state index contributed by atoms with van der Waals surface area (Å²) in [5.41, 5.74) is 0.494. The normalized spacial score (nSPS) is 22.6. The third-order valence-corrected chi connectivity index (χ3v) is 1.77. The molecule has 0 amide bonds. The highest BCUT2D eigenvalue weighted by atomic mass is 32.2. The van der Waals surface area contributed by atoms with Gasteiger partial charge in [-0.15, -0.1) is 0 Å². The molecule has 0 aromatic heterocycles. The maximum absolute atomic E-state index is 10.5. The first-order valence-electron chi connectivity index (χ1n) is 2.35. The quantitative estimate of drug-likeness (QED) is 0.515. The third kappa shape index (κ3) is 1.53. The molecule has 0 bridgehead atoms. The zero-order valence-corrected chi connectivity index (χ0v) is 5.64. The maximum atomic E-state index is 10.5. The van der Waals surface area contributed by atoms with Gasteiger partial charge in [0, 0.05) is 6.20 Å². The van der Waals surface area contributed by atoms with Crippen molar-refractivity contribution in [2.45, 2.75) is 6.92 Å². The van der Waals surface area contributed by atoms with E-state index in [1.165, 1.54) is 6.20 Å². The summed E-state index contributed by atoms with van der Waals surface area (Å²) < 4.78 is 26.4. The minimum atomic E-state index is -3.38. The minimum absolute atomic E-state index is 0.494. The lowest BCUT2D eigenvalue weighted by molar-refractivity contribution is 0.592. The molecule has 1 aliphatic heterocycles. The van der Waals surface area contributed by atoms with Gasteiger partial charge in [0.2, 0.25) is 0 Å². The highest BCUT2D eigenvalue weighted by Gasteiger charge is 2.06. The van der Waals surface area contributed by atoms with Crippen LogP contribution in [0.2, 0.25) is 0 Å². The first-order chi connectivity index (χ1) is 4.10. The van der Waals surface area contributed by atoms with Gasteiger partial charge in [0.1, 0.15) is 0 Å².